The summed E-state index contributed by atoms with van der Waals surface area (Å²) in [4.78, 5) is 10.7. The van der Waals surface area contributed by atoms with Gasteiger partial charge in [-0.15, -0.1) is 6.42 Å². The molecule has 0 aromatic heterocycles. The molecule has 1 unspecified atom stereocenters. The second-order valence-electron chi connectivity index (χ2n) is 3.12. The van der Waals surface area contributed by atoms with Crippen molar-refractivity contribution in [2.45, 2.75) is 12.2 Å². The zero-order valence-corrected chi connectivity index (χ0v) is 9.97. The molecule has 0 spiro atoms. The van der Waals surface area contributed by atoms with Crippen LogP contribution in [0.5, 0.6) is 0 Å². The van der Waals surface area contributed by atoms with Gasteiger partial charge in [-0.2, -0.15) is 13.2 Å². The Bertz CT molecular complexity index is 447. The quantitative estimate of drug-likeness (QED) is 0.837. The molecule has 1 aromatic rings. The number of nitrogens with one attached hydrogen (secondary N) is 1. The van der Waals surface area contributed by atoms with Crippen LogP contribution in [0.2, 0.25) is 0 Å². The van der Waals surface area contributed by atoms with Crippen molar-refractivity contribution in [3.8, 4) is 12.3 Å². The number of hydrogen-bond donors (Lipinski definition) is 1. The van der Waals surface area contributed by atoms with Crippen LogP contribution in [0.3, 0.4) is 0 Å². The van der Waals surface area contributed by atoms with Crippen molar-refractivity contribution in [2.24, 2.45) is 0 Å². The van der Waals surface area contributed by atoms with Crippen LogP contribution in [0.4, 0.5) is 13.2 Å². The molecule has 1 atom stereocenters. The lowest BCUT2D eigenvalue weighted by molar-refractivity contribution is -0.174. The fourth-order valence-corrected chi connectivity index (χ4v) is 1.35. The number of benzene rings is 1. The molecule has 90 valence electrons. The van der Waals surface area contributed by atoms with E-state index < -0.39 is 18.1 Å². The normalized spacial score (nSPS) is 12.6. The van der Waals surface area contributed by atoms with E-state index in [1.165, 1.54) is 12.1 Å². The first-order valence-corrected chi connectivity index (χ1v) is 5.23. The van der Waals surface area contributed by atoms with Gasteiger partial charge in [-0.05, 0) is 17.7 Å². The SMILES string of the molecule is C#CC(NC(=O)C(F)(F)F)c1ccc(Br)cc1. The minimum Gasteiger partial charge on any atom is -0.331 e. The zero-order valence-electron chi connectivity index (χ0n) is 8.38. The Labute approximate surface area is 104 Å². The minimum atomic E-state index is -4.94. The minimum absolute atomic E-state index is 0.410. The highest BCUT2D eigenvalue weighted by atomic mass is 79.9. The van der Waals surface area contributed by atoms with E-state index in [2.05, 4.69) is 21.9 Å². The van der Waals surface area contributed by atoms with Crippen molar-refractivity contribution >= 4 is 21.8 Å². The summed E-state index contributed by atoms with van der Waals surface area (Å²) in [5.41, 5.74) is 0.410. The van der Waals surface area contributed by atoms with Gasteiger partial charge in [-0.3, -0.25) is 4.79 Å². The fourth-order valence-electron chi connectivity index (χ4n) is 1.09. The van der Waals surface area contributed by atoms with Crippen molar-refractivity contribution in [1.82, 2.24) is 5.32 Å². The largest absolute Gasteiger partial charge is 0.471 e. The number of amides is 1. The van der Waals surface area contributed by atoms with Gasteiger partial charge in [0.05, 0.1) is 0 Å². The molecule has 1 N–H and O–H groups in total. The first kappa shape index (κ1) is 13.6. The van der Waals surface area contributed by atoms with Gasteiger partial charge >= 0.3 is 12.1 Å². The third-order valence-corrected chi connectivity index (χ3v) is 2.43. The predicted octanol–water partition coefficient (Wildman–Crippen LogP) is 2.80. The van der Waals surface area contributed by atoms with Crippen LogP contribution in [0.15, 0.2) is 28.7 Å². The predicted molar refractivity (Wildman–Crippen MR) is 59.9 cm³/mol. The maximum absolute atomic E-state index is 12.0. The average Bonchev–Trinajstić information content (AvgIpc) is 2.25. The van der Waals surface area contributed by atoms with Crippen molar-refractivity contribution < 1.29 is 18.0 Å². The monoisotopic (exact) mass is 305 g/mol. The number of rotatable bonds is 2. The van der Waals surface area contributed by atoms with Crippen LogP contribution in [-0.4, -0.2) is 12.1 Å². The lowest BCUT2D eigenvalue weighted by Gasteiger charge is -2.14. The second-order valence-corrected chi connectivity index (χ2v) is 4.04. The highest BCUT2D eigenvalue weighted by molar-refractivity contribution is 9.10. The highest BCUT2D eigenvalue weighted by Gasteiger charge is 2.39. The molecule has 0 aliphatic carbocycles. The van der Waals surface area contributed by atoms with Gasteiger partial charge < -0.3 is 5.32 Å². The molecule has 1 amide bonds. The van der Waals surface area contributed by atoms with Gasteiger partial charge in [0.15, 0.2) is 0 Å². The highest BCUT2D eigenvalue weighted by Crippen LogP contribution is 2.20. The molecule has 0 bridgehead atoms. The fraction of sp³-hybridized carbons (Fsp3) is 0.182. The van der Waals surface area contributed by atoms with Crippen LogP contribution >= 0.6 is 15.9 Å². The van der Waals surface area contributed by atoms with Gasteiger partial charge in [0.25, 0.3) is 0 Å². The first-order chi connectivity index (χ1) is 7.84. The first-order valence-electron chi connectivity index (χ1n) is 4.44. The third-order valence-electron chi connectivity index (χ3n) is 1.90. The van der Waals surface area contributed by atoms with E-state index in [0.717, 1.165) is 4.47 Å². The Morgan fingerprint density at radius 2 is 1.88 bits per heavy atom. The number of halogens is 4. The maximum atomic E-state index is 12.0. The molecular formula is C11H7BrF3NO. The van der Waals surface area contributed by atoms with Gasteiger partial charge in [-0.1, -0.05) is 34.0 Å². The van der Waals surface area contributed by atoms with E-state index in [4.69, 9.17) is 6.42 Å². The number of carbonyl (C=O) groups is 1. The second kappa shape index (κ2) is 5.23. The Morgan fingerprint density at radius 3 is 2.29 bits per heavy atom. The molecule has 6 heteroatoms. The molecule has 0 saturated carbocycles. The van der Waals surface area contributed by atoms with E-state index in [1.54, 1.807) is 17.4 Å². The smallest absolute Gasteiger partial charge is 0.331 e. The summed E-state index contributed by atoms with van der Waals surface area (Å²) in [5, 5.41) is 1.73. The summed E-state index contributed by atoms with van der Waals surface area (Å²) in [6, 6.07) is 5.22. The van der Waals surface area contributed by atoms with Crippen molar-refractivity contribution in [3.05, 3.63) is 34.3 Å². The number of carbonyl (C=O) groups excluding carboxylic acids is 1. The molecule has 0 fully saturated rings. The van der Waals surface area contributed by atoms with E-state index in [1.807, 2.05) is 0 Å². The van der Waals surface area contributed by atoms with E-state index in [0.29, 0.717) is 5.56 Å². The Hall–Kier alpha value is -1.48. The van der Waals surface area contributed by atoms with Gasteiger partial charge in [0.2, 0.25) is 0 Å². The van der Waals surface area contributed by atoms with Crippen molar-refractivity contribution in [3.63, 3.8) is 0 Å². The molecule has 0 saturated heterocycles. The van der Waals surface area contributed by atoms with Crippen LogP contribution < -0.4 is 5.32 Å². The Morgan fingerprint density at radius 1 is 1.35 bits per heavy atom. The molecule has 0 heterocycles. The molecule has 0 aliphatic heterocycles. The van der Waals surface area contributed by atoms with Crippen LogP contribution in [0.25, 0.3) is 0 Å². The molecule has 17 heavy (non-hydrogen) atoms. The van der Waals surface area contributed by atoms with Crippen LogP contribution in [0.1, 0.15) is 11.6 Å². The Kier molecular flexibility index (Phi) is 4.18. The van der Waals surface area contributed by atoms with Gasteiger partial charge in [0, 0.05) is 4.47 Å². The molecule has 0 radical (unpaired) electrons. The van der Waals surface area contributed by atoms with Crippen LogP contribution in [0, 0.1) is 12.3 Å². The summed E-state index contributed by atoms with van der Waals surface area (Å²) < 4.78 is 36.9. The van der Waals surface area contributed by atoms with E-state index in [9.17, 15) is 18.0 Å². The molecule has 1 aromatic carbocycles. The standard InChI is InChI=1S/C11H7BrF3NO/c1-2-9(16-10(17)11(13,14)15)7-3-5-8(12)6-4-7/h1,3-6,9H,(H,16,17). The maximum Gasteiger partial charge on any atom is 0.471 e. The third kappa shape index (κ3) is 3.79. The Balaban J connectivity index is 2.84. The molecular weight excluding hydrogens is 299 g/mol. The summed E-state index contributed by atoms with van der Waals surface area (Å²) in [5.74, 6) is 0.0411. The van der Waals surface area contributed by atoms with Crippen molar-refractivity contribution in [2.75, 3.05) is 0 Å². The number of terminal acetylenes is 1. The van der Waals surface area contributed by atoms with E-state index in [-0.39, 0.29) is 0 Å². The molecule has 0 aliphatic rings. The zero-order chi connectivity index (χ0) is 13.1. The summed E-state index contributed by atoms with van der Waals surface area (Å²) in [7, 11) is 0. The van der Waals surface area contributed by atoms with Gasteiger partial charge in [0.1, 0.15) is 6.04 Å². The summed E-state index contributed by atoms with van der Waals surface area (Å²) >= 11 is 3.18. The number of alkyl halides is 3. The molecule has 1 rings (SSSR count). The lowest BCUT2D eigenvalue weighted by atomic mass is 10.1. The summed E-state index contributed by atoms with van der Waals surface area (Å²) in [6.07, 6.45) is 0.151. The lowest BCUT2D eigenvalue weighted by Crippen LogP contribution is -2.38. The summed E-state index contributed by atoms with van der Waals surface area (Å²) in [6.45, 7) is 0. The van der Waals surface area contributed by atoms with Crippen molar-refractivity contribution in [1.29, 1.82) is 0 Å². The van der Waals surface area contributed by atoms with Crippen LogP contribution in [-0.2, 0) is 4.79 Å². The van der Waals surface area contributed by atoms with E-state index >= 15 is 0 Å². The number of hydrogen-bond acceptors (Lipinski definition) is 1. The molecule has 2 nitrogen and oxygen atoms in total. The average molecular weight is 306 g/mol. The van der Waals surface area contributed by atoms with Gasteiger partial charge in [-0.25, -0.2) is 0 Å². The topological polar surface area (TPSA) is 29.1 Å².